The van der Waals surface area contributed by atoms with E-state index in [1.807, 2.05) is 0 Å². The summed E-state index contributed by atoms with van der Waals surface area (Å²) >= 11 is 0. The van der Waals surface area contributed by atoms with Crippen molar-refractivity contribution in [3.05, 3.63) is 53.3 Å². The van der Waals surface area contributed by atoms with E-state index in [2.05, 4.69) is 13.8 Å². The Labute approximate surface area is 218 Å². The van der Waals surface area contributed by atoms with Crippen LogP contribution in [-0.4, -0.2) is 19.3 Å². The third-order valence-corrected chi connectivity index (χ3v) is 8.25. The van der Waals surface area contributed by atoms with E-state index in [0.29, 0.717) is 30.3 Å². The minimum atomic E-state index is -4.78. The molecular formula is C31H40F4O2. The second-order valence-corrected chi connectivity index (χ2v) is 10.8. The molecule has 204 valence electrons. The predicted octanol–water partition coefficient (Wildman–Crippen LogP) is 9.56. The molecule has 6 heteroatoms. The van der Waals surface area contributed by atoms with Crippen molar-refractivity contribution in [2.24, 2.45) is 11.8 Å². The van der Waals surface area contributed by atoms with Crippen molar-refractivity contribution in [1.29, 1.82) is 0 Å². The van der Waals surface area contributed by atoms with Crippen LogP contribution >= 0.6 is 0 Å². The van der Waals surface area contributed by atoms with Crippen molar-refractivity contribution in [3.8, 4) is 16.9 Å². The van der Waals surface area contributed by atoms with Gasteiger partial charge in [-0.1, -0.05) is 70.2 Å². The maximum Gasteiger partial charge on any atom is 0.419 e. The summed E-state index contributed by atoms with van der Waals surface area (Å²) in [7, 11) is 0. The van der Waals surface area contributed by atoms with Gasteiger partial charge in [0.05, 0.1) is 24.9 Å². The third kappa shape index (κ3) is 6.87. The molecule has 0 aromatic heterocycles. The molecule has 2 nitrogen and oxygen atoms in total. The Kier molecular flexibility index (Phi) is 9.55. The van der Waals surface area contributed by atoms with E-state index in [9.17, 15) is 13.2 Å². The molecule has 0 bridgehead atoms. The van der Waals surface area contributed by atoms with Gasteiger partial charge >= 0.3 is 6.18 Å². The smallest absolute Gasteiger partial charge is 0.419 e. The average molecular weight is 521 g/mol. The van der Waals surface area contributed by atoms with Crippen molar-refractivity contribution in [1.82, 2.24) is 0 Å². The van der Waals surface area contributed by atoms with E-state index in [-0.39, 0.29) is 23.8 Å². The van der Waals surface area contributed by atoms with Crippen LogP contribution in [0.2, 0.25) is 0 Å². The molecule has 1 aliphatic heterocycles. The van der Waals surface area contributed by atoms with E-state index in [1.54, 1.807) is 24.3 Å². The monoisotopic (exact) mass is 520 g/mol. The molecule has 1 saturated carbocycles. The first-order chi connectivity index (χ1) is 17.8. The maximum atomic E-state index is 15.5. The van der Waals surface area contributed by atoms with Crippen LogP contribution in [0.4, 0.5) is 17.6 Å². The molecule has 2 aliphatic rings. The Morgan fingerprint density at radius 3 is 2.22 bits per heavy atom. The van der Waals surface area contributed by atoms with Crippen LogP contribution in [-0.2, 0) is 10.9 Å². The van der Waals surface area contributed by atoms with Gasteiger partial charge in [-0.05, 0) is 67.2 Å². The Morgan fingerprint density at radius 2 is 1.62 bits per heavy atom. The van der Waals surface area contributed by atoms with E-state index < -0.39 is 23.5 Å². The van der Waals surface area contributed by atoms with E-state index in [0.717, 1.165) is 38.0 Å². The number of halogens is 4. The SMILES string of the molecule is CCCCOc1ccc(-c2ccc(C3CCC(C4CCC(CCC)CC4)OC3)c(C(F)(F)F)c2F)cc1. The Bertz CT molecular complexity index is 986. The first-order valence-corrected chi connectivity index (χ1v) is 14.1. The molecule has 1 aliphatic carbocycles. The van der Waals surface area contributed by atoms with Gasteiger partial charge in [-0.2, -0.15) is 13.2 Å². The second kappa shape index (κ2) is 12.6. The largest absolute Gasteiger partial charge is 0.494 e. The van der Waals surface area contributed by atoms with E-state index in [1.165, 1.54) is 37.8 Å². The summed E-state index contributed by atoms with van der Waals surface area (Å²) in [6.45, 7) is 5.07. The average Bonchev–Trinajstić information content (AvgIpc) is 2.89. The molecule has 2 unspecified atom stereocenters. The maximum absolute atomic E-state index is 15.5. The summed E-state index contributed by atoms with van der Waals surface area (Å²) in [5.41, 5.74) is -0.788. The molecule has 37 heavy (non-hydrogen) atoms. The minimum Gasteiger partial charge on any atom is -0.494 e. The van der Waals surface area contributed by atoms with Crippen LogP contribution in [0.5, 0.6) is 5.75 Å². The van der Waals surface area contributed by atoms with Crippen molar-refractivity contribution >= 4 is 0 Å². The standard InChI is InChI=1S/C31H40F4O2/c1-3-5-19-36-25-14-11-22(12-15-25)27-17-16-26(29(30(27)32)31(33,34)35)24-13-18-28(37-20-24)23-9-7-21(6-4-2)8-10-23/h11-12,14-17,21,23-24,28H,3-10,13,18-20H2,1-2H3. The first-order valence-electron chi connectivity index (χ1n) is 14.1. The Balaban J connectivity index is 1.47. The molecule has 0 radical (unpaired) electrons. The van der Waals surface area contributed by atoms with Crippen LogP contribution in [0.3, 0.4) is 0 Å². The fourth-order valence-electron chi connectivity index (χ4n) is 6.15. The molecule has 0 amide bonds. The molecule has 2 aromatic carbocycles. The van der Waals surface area contributed by atoms with Crippen molar-refractivity contribution in [2.75, 3.05) is 13.2 Å². The van der Waals surface area contributed by atoms with Gasteiger partial charge < -0.3 is 9.47 Å². The topological polar surface area (TPSA) is 18.5 Å². The molecule has 1 heterocycles. The molecule has 2 aromatic rings. The van der Waals surface area contributed by atoms with Crippen LogP contribution in [0.15, 0.2) is 36.4 Å². The fraction of sp³-hybridized carbons (Fsp3) is 0.613. The highest BCUT2D eigenvalue weighted by Crippen LogP contribution is 2.44. The highest BCUT2D eigenvalue weighted by molar-refractivity contribution is 5.67. The Morgan fingerprint density at radius 1 is 0.892 bits per heavy atom. The zero-order chi connectivity index (χ0) is 26.4. The summed E-state index contributed by atoms with van der Waals surface area (Å²) in [6, 6.07) is 9.52. The van der Waals surface area contributed by atoms with Crippen LogP contribution in [0, 0.1) is 17.7 Å². The van der Waals surface area contributed by atoms with Gasteiger partial charge in [0.25, 0.3) is 0 Å². The van der Waals surface area contributed by atoms with Crippen molar-refractivity contribution < 1.29 is 27.0 Å². The second-order valence-electron chi connectivity index (χ2n) is 10.8. The van der Waals surface area contributed by atoms with E-state index >= 15 is 4.39 Å². The molecule has 0 spiro atoms. The quantitative estimate of drug-likeness (QED) is 0.242. The van der Waals surface area contributed by atoms with Gasteiger partial charge in [-0.3, -0.25) is 0 Å². The van der Waals surface area contributed by atoms with Gasteiger partial charge in [0, 0.05) is 11.5 Å². The normalized spacial score (nSPS) is 24.7. The number of hydrogen-bond donors (Lipinski definition) is 0. The lowest BCUT2D eigenvalue weighted by Crippen LogP contribution is -2.34. The zero-order valence-corrected chi connectivity index (χ0v) is 22.1. The van der Waals surface area contributed by atoms with Crippen molar-refractivity contribution in [3.63, 3.8) is 0 Å². The number of alkyl halides is 3. The Hall–Kier alpha value is -2.08. The summed E-state index contributed by atoms with van der Waals surface area (Å²) in [4.78, 5) is 0. The lowest BCUT2D eigenvalue weighted by molar-refractivity contribution is -0.141. The van der Waals surface area contributed by atoms with Gasteiger partial charge in [0.15, 0.2) is 0 Å². The first kappa shape index (κ1) is 27.9. The van der Waals surface area contributed by atoms with Gasteiger partial charge in [0.2, 0.25) is 0 Å². The van der Waals surface area contributed by atoms with Crippen LogP contribution < -0.4 is 4.74 Å². The summed E-state index contributed by atoms with van der Waals surface area (Å²) in [5, 5.41) is 0. The molecule has 2 atom stereocenters. The molecular weight excluding hydrogens is 480 g/mol. The van der Waals surface area contributed by atoms with Crippen LogP contribution in [0.25, 0.3) is 11.1 Å². The number of rotatable bonds is 9. The van der Waals surface area contributed by atoms with Crippen molar-refractivity contribution in [2.45, 2.75) is 96.3 Å². The molecule has 2 fully saturated rings. The number of unbranched alkanes of at least 4 members (excludes halogenated alkanes) is 1. The summed E-state index contributed by atoms with van der Waals surface area (Å²) in [6.07, 6.45) is 5.77. The van der Waals surface area contributed by atoms with E-state index in [4.69, 9.17) is 9.47 Å². The number of ether oxygens (including phenoxy) is 2. The summed E-state index contributed by atoms with van der Waals surface area (Å²) in [5.74, 6) is 0.253. The number of benzene rings is 2. The lowest BCUT2D eigenvalue weighted by Gasteiger charge is -2.38. The molecule has 1 saturated heterocycles. The fourth-order valence-corrected chi connectivity index (χ4v) is 6.15. The molecule has 0 N–H and O–H groups in total. The minimum absolute atomic E-state index is 0.0124. The predicted molar refractivity (Wildman–Crippen MR) is 139 cm³/mol. The number of hydrogen-bond acceptors (Lipinski definition) is 2. The van der Waals surface area contributed by atoms with Gasteiger partial charge in [0.1, 0.15) is 11.6 Å². The van der Waals surface area contributed by atoms with Gasteiger partial charge in [-0.25, -0.2) is 4.39 Å². The zero-order valence-electron chi connectivity index (χ0n) is 22.1. The van der Waals surface area contributed by atoms with Crippen LogP contribution in [0.1, 0.15) is 95.1 Å². The summed E-state index contributed by atoms with van der Waals surface area (Å²) < 4.78 is 69.8. The highest BCUT2D eigenvalue weighted by atomic mass is 19.4. The molecule has 4 rings (SSSR count). The van der Waals surface area contributed by atoms with Gasteiger partial charge in [-0.15, -0.1) is 0 Å². The third-order valence-electron chi connectivity index (χ3n) is 8.25. The highest BCUT2D eigenvalue weighted by Gasteiger charge is 2.41. The lowest BCUT2D eigenvalue weighted by atomic mass is 9.75.